The smallest absolute Gasteiger partial charge is 0.243 e. The number of hydrogen-bond donors (Lipinski definition) is 1. The molecule has 1 aliphatic rings. The number of nitrogens with zero attached hydrogens (tertiary/aromatic N) is 1. The molecule has 0 aliphatic carbocycles. The summed E-state index contributed by atoms with van der Waals surface area (Å²) >= 11 is 0. The van der Waals surface area contributed by atoms with Gasteiger partial charge in [0.1, 0.15) is 0 Å². The van der Waals surface area contributed by atoms with Crippen molar-refractivity contribution < 1.29 is 9.59 Å². The van der Waals surface area contributed by atoms with Gasteiger partial charge in [-0.05, 0) is 26.3 Å². The average Bonchev–Trinajstić information content (AvgIpc) is 2.28. The third kappa shape index (κ3) is 3.97. The summed E-state index contributed by atoms with van der Waals surface area (Å²) in [7, 11) is 1.94. The van der Waals surface area contributed by atoms with Crippen LogP contribution in [0.25, 0.3) is 0 Å². The topological polar surface area (TPSA) is 49.4 Å². The number of hydrogen-bond acceptors (Lipinski definition) is 3. The number of likely N-dealkylation sites (N-methyl/N-ethyl adjacent to an activating group) is 1. The first-order chi connectivity index (χ1) is 8.08. The minimum Gasteiger partial charge on any atom is -0.295 e. The number of allylic oxidation sites excluding steroid dienone is 1. The highest BCUT2D eigenvalue weighted by molar-refractivity contribution is 6.00. The summed E-state index contributed by atoms with van der Waals surface area (Å²) in [5.74, 6) is -0.310. The zero-order valence-electron chi connectivity index (χ0n) is 11.0. The van der Waals surface area contributed by atoms with Crippen molar-refractivity contribution in [3.63, 3.8) is 0 Å². The zero-order chi connectivity index (χ0) is 12.8. The lowest BCUT2D eigenvalue weighted by molar-refractivity contribution is -0.137. The van der Waals surface area contributed by atoms with E-state index in [1.807, 2.05) is 11.9 Å². The summed E-state index contributed by atoms with van der Waals surface area (Å²) < 4.78 is 0. The molecule has 0 saturated carbocycles. The highest BCUT2D eigenvalue weighted by atomic mass is 16.2. The molecule has 0 aromatic carbocycles. The molecule has 1 fully saturated rings. The zero-order valence-corrected chi connectivity index (χ0v) is 11.0. The first-order valence-corrected chi connectivity index (χ1v) is 6.30. The lowest BCUT2D eigenvalue weighted by Crippen LogP contribution is -2.51. The van der Waals surface area contributed by atoms with E-state index in [0.29, 0.717) is 12.8 Å². The quantitative estimate of drug-likeness (QED) is 0.583. The van der Waals surface area contributed by atoms with E-state index >= 15 is 0 Å². The van der Waals surface area contributed by atoms with E-state index in [2.05, 4.69) is 25.2 Å². The van der Waals surface area contributed by atoms with Crippen LogP contribution in [0.1, 0.15) is 39.5 Å². The monoisotopic (exact) mass is 238 g/mol. The standard InChI is InChI=1S/C13H22N2O2/c1-4-6-10(5-2)9-15(3)11-7-8-12(16)14-13(11)17/h6,11H,4-5,7-9H2,1-3H3,(H,14,16,17)/b10-6+. The summed E-state index contributed by atoms with van der Waals surface area (Å²) in [6, 6.07) is -0.167. The molecule has 17 heavy (non-hydrogen) atoms. The van der Waals surface area contributed by atoms with Gasteiger partial charge < -0.3 is 0 Å². The first kappa shape index (κ1) is 13.9. The Morgan fingerprint density at radius 3 is 2.71 bits per heavy atom. The van der Waals surface area contributed by atoms with Gasteiger partial charge in [-0.15, -0.1) is 0 Å². The van der Waals surface area contributed by atoms with E-state index in [9.17, 15) is 9.59 Å². The number of imide groups is 1. The Morgan fingerprint density at radius 2 is 2.18 bits per heavy atom. The van der Waals surface area contributed by atoms with Crippen LogP contribution in [0, 0.1) is 0 Å². The van der Waals surface area contributed by atoms with E-state index in [1.165, 1.54) is 5.57 Å². The minimum absolute atomic E-state index is 0.153. The number of amides is 2. The normalized spacial score (nSPS) is 21.9. The predicted molar refractivity (Wildman–Crippen MR) is 67.5 cm³/mol. The molecule has 0 bridgehead atoms. The molecule has 0 aromatic rings. The molecule has 4 nitrogen and oxygen atoms in total. The SMILES string of the molecule is CC/C=C(\CC)CN(C)C1CCC(=O)NC1=O. The lowest BCUT2D eigenvalue weighted by Gasteiger charge is -2.30. The van der Waals surface area contributed by atoms with Crippen LogP contribution in [0.4, 0.5) is 0 Å². The van der Waals surface area contributed by atoms with Crippen LogP contribution >= 0.6 is 0 Å². The third-order valence-corrected chi connectivity index (χ3v) is 3.14. The molecule has 2 amide bonds. The number of nitrogens with one attached hydrogen (secondary N) is 1. The predicted octanol–water partition coefficient (Wildman–Crippen LogP) is 1.47. The fourth-order valence-electron chi connectivity index (χ4n) is 2.14. The number of piperidine rings is 1. The molecule has 1 aliphatic heterocycles. The molecule has 1 saturated heterocycles. The maximum absolute atomic E-state index is 11.7. The van der Waals surface area contributed by atoms with E-state index in [-0.39, 0.29) is 17.9 Å². The Morgan fingerprint density at radius 1 is 1.47 bits per heavy atom. The average molecular weight is 238 g/mol. The molecule has 1 heterocycles. The van der Waals surface area contributed by atoms with Crippen molar-refractivity contribution in [3.8, 4) is 0 Å². The molecular formula is C13H22N2O2. The second-order valence-corrected chi connectivity index (χ2v) is 4.51. The summed E-state index contributed by atoms with van der Waals surface area (Å²) in [6.07, 6.45) is 5.31. The highest BCUT2D eigenvalue weighted by Gasteiger charge is 2.29. The van der Waals surface area contributed by atoms with Crippen LogP contribution in [0.2, 0.25) is 0 Å². The van der Waals surface area contributed by atoms with Crippen LogP contribution in [0.5, 0.6) is 0 Å². The fraction of sp³-hybridized carbons (Fsp3) is 0.692. The van der Waals surface area contributed by atoms with Crippen molar-refractivity contribution in [2.75, 3.05) is 13.6 Å². The van der Waals surface area contributed by atoms with Gasteiger partial charge in [-0.2, -0.15) is 0 Å². The molecule has 1 atom stereocenters. The summed E-state index contributed by atoms with van der Waals surface area (Å²) in [5.41, 5.74) is 1.35. The largest absolute Gasteiger partial charge is 0.295 e. The second-order valence-electron chi connectivity index (χ2n) is 4.51. The summed E-state index contributed by atoms with van der Waals surface area (Å²) in [4.78, 5) is 24.8. The Kier molecular flexibility index (Phi) is 5.35. The van der Waals surface area contributed by atoms with Crippen molar-refractivity contribution >= 4 is 11.8 Å². The van der Waals surface area contributed by atoms with Crippen molar-refractivity contribution in [2.45, 2.75) is 45.6 Å². The number of carbonyl (C=O) groups is 2. The van der Waals surface area contributed by atoms with E-state index in [0.717, 1.165) is 19.4 Å². The first-order valence-electron chi connectivity index (χ1n) is 6.30. The van der Waals surface area contributed by atoms with Crippen LogP contribution in [0.3, 0.4) is 0 Å². The molecule has 4 heteroatoms. The van der Waals surface area contributed by atoms with Crippen molar-refractivity contribution in [1.29, 1.82) is 0 Å². The molecule has 0 spiro atoms. The Balaban J connectivity index is 2.57. The van der Waals surface area contributed by atoms with Gasteiger partial charge in [0.15, 0.2) is 0 Å². The molecule has 0 radical (unpaired) electrons. The van der Waals surface area contributed by atoms with Crippen LogP contribution in [-0.4, -0.2) is 36.3 Å². The summed E-state index contributed by atoms with van der Waals surface area (Å²) in [6.45, 7) is 5.04. The molecule has 1 N–H and O–H groups in total. The van der Waals surface area contributed by atoms with Crippen LogP contribution in [0.15, 0.2) is 11.6 Å². The molecule has 96 valence electrons. The number of carbonyl (C=O) groups excluding carboxylic acids is 2. The third-order valence-electron chi connectivity index (χ3n) is 3.14. The van der Waals surface area contributed by atoms with Gasteiger partial charge in [-0.25, -0.2) is 0 Å². The van der Waals surface area contributed by atoms with Gasteiger partial charge in [-0.1, -0.05) is 25.5 Å². The Labute approximate surface area is 103 Å². The highest BCUT2D eigenvalue weighted by Crippen LogP contribution is 2.13. The van der Waals surface area contributed by atoms with E-state index in [1.54, 1.807) is 0 Å². The molecule has 0 aromatic heterocycles. The fourth-order valence-corrected chi connectivity index (χ4v) is 2.14. The molecule has 1 unspecified atom stereocenters. The van der Waals surface area contributed by atoms with Gasteiger partial charge in [0.2, 0.25) is 11.8 Å². The minimum atomic E-state index is -0.167. The Bertz CT molecular complexity index is 323. The van der Waals surface area contributed by atoms with Crippen molar-refractivity contribution in [1.82, 2.24) is 10.2 Å². The summed E-state index contributed by atoms with van der Waals surface area (Å²) in [5, 5.41) is 2.39. The van der Waals surface area contributed by atoms with Gasteiger partial charge >= 0.3 is 0 Å². The molecule has 1 rings (SSSR count). The lowest BCUT2D eigenvalue weighted by atomic mass is 10.0. The van der Waals surface area contributed by atoms with Gasteiger partial charge in [0.25, 0.3) is 0 Å². The molecular weight excluding hydrogens is 216 g/mol. The van der Waals surface area contributed by atoms with Crippen molar-refractivity contribution in [3.05, 3.63) is 11.6 Å². The van der Waals surface area contributed by atoms with Gasteiger partial charge in [-0.3, -0.25) is 19.8 Å². The van der Waals surface area contributed by atoms with Crippen LogP contribution < -0.4 is 5.32 Å². The van der Waals surface area contributed by atoms with Gasteiger partial charge in [0, 0.05) is 13.0 Å². The van der Waals surface area contributed by atoms with Gasteiger partial charge in [0.05, 0.1) is 6.04 Å². The maximum atomic E-state index is 11.7. The Hall–Kier alpha value is -1.16. The van der Waals surface area contributed by atoms with Crippen LogP contribution in [-0.2, 0) is 9.59 Å². The maximum Gasteiger partial charge on any atom is 0.243 e. The van der Waals surface area contributed by atoms with E-state index in [4.69, 9.17) is 0 Å². The van der Waals surface area contributed by atoms with E-state index < -0.39 is 0 Å². The number of rotatable bonds is 5. The van der Waals surface area contributed by atoms with Crippen molar-refractivity contribution in [2.24, 2.45) is 0 Å². The second kappa shape index (κ2) is 6.55.